The summed E-state index contributed by atoms with van der Waals surface area (Å²) in [6.45, 7) is 2.76. The molecule has 0 spiro atoms. The summed E-state index contributed by atoms with van der Waals surface area (Å²) in [7, 11) is 1.38. The smallest absolute Gasteiger partial charge is 0.330 e. The second kappa shape index (κ2) is 9.42. The van der Waals surface area contributed by atoms with Crippen molar-refractivity contribution >= 4 is 33.9 Å². The van der Waals surface area contributed by atoms with E-state index in [1.54, 1.807) is 6.08 Å². The van der Waals surface area contributed by atoms with Crippen molar-refractivity contribution in [3.63, 3.8) is 0 Å². The quantitative estimate of drug-likeness (QED) is 0.253. The van der Waals surface area contributed by atoms with Crippen molar-refractivity contribution in [2.24, 2.45) is 0 Å². The van der Waals surface area contributed by atoms with Gasteiger partial charge in [-0.05, 0) is 42.3 Å². The van der Waals surface area contributed by atoms with Crippen LogP contribution in [-0.4, -0.2) is 24.2 Å². The molecule has 1 N–H and O–H groups in total. The lowest BCUT2D eigenvalue weighted by molar-refractivity contribution is -0.134. The molecular weight excluding hydrogens is 372 g/mol. The molecule has 0 unspecified atom stereocenters. The number of aryl methyl sites for hydroxylation is 1. The number of nitrogens with zero attached hydrogens (tertiary/aromatic N) is 1. The summed E-state index contributed by atoms with van der Waals surface area (Å²) in [5.41, 5.74) is 4.81. The van der Waals surface area contributed by atoms with E-state index in [2.05, 4.69) is 75.3 Å². The third-order valence-electron chi connectivity index (χ3n) is 5.34. The number of carbonyl (C=O) groups excluding carboxylic acids is 1. The Morgan fingerprint density at radius 2 is 1.57 bits per heavy atom. The number of fused-ring (bicyclic) bond motifs is 3. The van der Waals surface area contributed by atoms with Crippen molar-refractivity contribution in [2.45, 2.75) is 19.5 Å². The molecule has 0 aliphatic carbocycles. The standard InChI is InChI=1S/C26H26N2O2/c1-30-26(29)16-15-20-11-13-21(14-12-20)19-27-17-6-18-28-24-9-4-2-7-22(24)23-8-3-5-10-25(23)28/h2-5,7-16,27H,6,17-19H2,1H3/b16-15+. The van der Waals surface area contributed by atoms with Crippen LogP contribution in [0.3, 0.4) is 0 Å². The van der Waals surface area contributed by atoms with Gasteiger partial charge in [0.1, 0.15) is 0 Å². The first kappa shape index (κ1) is 19.9. The highest BCUT2D eigenvalue weighted by atomic mass is 16.5. The number of ether oxygens (including phenoxy) is 1. The van der Waals surface area contributed by atoms with E-state index in [9.17, 15) is 4.79 Å². The van der Waals surface area contributed by atoms with Crippen LogP contribution < -0.4 is 5.32 Å². The molecule has 1 aromatic heterocycles. The number of esters is 1. The average Bonchev–Trinajstić information content (AvgIpc) is 3.12. The molecular formula is C26H26N2O2. The summed E-state index contributed by atoms with van der Waals surface area (Å²) in [6.07, 6.45) is 4.25. The highest BCUT2D eigenvalue weighted by Crippen LogP contribution is 2.28. The van der Waals surface area contributed by atoms with E-state index >= 15 is 0 Å². The van der Waals surface area contributed by atoms with Gasteiger partial charge in [-0.2, -0.15) is 0 Å². The first-order chi connectivity index (χ1) is 14.8. The van der Waals surface area contributed by atoms with E-state index in [0.717, 1.165) is 31.6 Å². The maximum absolute atomic E-state index is 11.2. The molecule has 0 fully saturated rings. The van der Waals surface area contributed by atoms with Crippen LogP contribution >= 0.6 is 0 Å². The minimum atomic E-state index is -0.344. The van der Waals surface area contributed by atoms with Crippen LogP contribution in [0.15, 0.2) is 78.9 Å². The van der Waals surface area contributed by atoms with Gasteiger partial charge >= 0.3 is 5.97 Å². The van der Waals surface area contributed by atoms with E-state index in [0.29, 0.717) is 0 Å². The van der Waals surface area contributed by atoms with Crippen LogP contribution in [0.25, 0.3) is 27.9 Å². The van der Waals surface area contributed by atoms with Crippen molar-refractivity contribution in [3.8, 4) is 0 Å². The Morgan fingerprint density at radius 1 is 0.933 bits per heavy atom. The van der Waals surface area contributed by atoms with Gasteiger partial charge in [-0.25, -0.2) is 4.79 Å². The molecule has 0 saturated heterocycles. The first-order valence-electron chi connectivity index (χ1n) is 10.3. The lowest BCUT2D eigenvalue weighted by Gasteiger charge is -2.09. The molecule has 0 aliphatic rings. The van der Waals surface area contributed by atoms with Crippen molar-refractivity contribution in [3.05, 3.63) is 90.0 Å². The third-order valence-corrected chi connectivity index (χ3v) is 5.34. The highest BCUT2D eigenvalue weighted by Gasteiger charge is 2.08. The van der Waals surface area contributed by atoms with Crippen molar-refractivity contribution < 1.29 is 9.53 Å². The highest BCUT2D eigenvalue weighted by molar-refractivity contribution is 6.07. The summed E-state index contributed by atoms with van der Waals surface area (Å²) >= 11 is 0. The van der Waals surface area contributed by atoms with E-state index in [1.807, 2.05) is 12.1 Å². The minimum absolute atomic E-state index is 0.344. The average molecular weight is 399 g/mol. The lowest BCUT2D eigenvalue weighted by atomic mass is 10.1. The van der Waals surface area contributed by atoms with Crippen LogP contribution in [-0.2, 0) is 22.6 Å². The monoisotopic (exact) mass is 398 g/mol. The fourth-order valence-corrected chi connectivity index (χ4v) is 3.82. The van der Waals surface area contributed by atoms with Crippen LogP contribution in [0.2, 0.25) is 0 Å². The maximum atomic E-state index is 11.2. The maximum Gasteiger partial charge on any atom is 0.330 e. The fourth-order valence-electron chi connectivity index (χ4n) is 3.82. The van der Waals surface area contributed by atoms with Gasteiger partial charge < -0.3 is 14.6 Å². The van der Waals surface area contributed by atoms with Gasteiger partial charge in [0.25, 0.3) is 0 Å². The molecule has 0 amide bonds. The number of benzene rings is 3. The Hall–Kier alpha value is -3.37. The van der Waals surface area contributed by atoms with Gasteiger partial charge in [0.05, 0.1) is 7.11 Å². The topological polar surface area (TPSA) is 43.3 Å². The number of para-hydroxylation sites is 2. The molecule has 0 radical (unpaired) electrons. The van der Waals surface area contributed by atoms with Gasteiger partial charge in [0, 0.05) is 41.0 Å². The van der Waals surface area contributed by atoms with Crippen molar-refractivity contribution in [1.82, 2.24) is 9.88 Å². The third kappa shape index (κ3) is 4.44. The molecule has 0 bridgehead atoms. The van der Waals surface area contributed by atoms with E-state index < -0.39 is 0 Å². The lowest BCUT2D eigenvalue weighted by Crippen LogP contribution is -2.16. The Labute approximate surface area is 176 Å². The number of rotatable bonds is 8. The summed E-state index contributed by atoms with van der Waals surface area (Å²) < 4.78 is 7.03. The molecule has 4 rings (SSSR count). The number of hydrogen-bond donors (Lipinski definition) is 1. The van der Waals surface area contributed by atoms with Crippen LogP contribution in [0.5, 0.6) is 0 Å². The molecule has 0 atom stereocenters. The number of methoxy groups -OCH3 is 1. The number of hydrogen-bond acceptors (Lipinski definition) is 3. The Balaban J connectivity index is 1.32. The summed E-state index contributed by atoms with van der Waals surface area (Å²) in [6, 6.07) is 25.4. The van der Waals surface area contributed by atoms with E-state index in [4.69, 9.17) is 0 Å². The minimum Gasteiger partial charge on any atom is -0.466 e. The Bertz CT molecular complexity index is 1120. The molecule has 0 saturated carbocycles. The molecule has 1 heterocycles. The van der Waals surface area contributed by atoms with Crippen LogP contribution in [0, 0.1) is 0 Å². The largest absolute Gasteiger partial charge is 0.466 e. The first-order valence-corrected chi connectivity index (χ1v) is 10.3. The zero-order valence-electron chi connectivity index (χ0n) is 17.2. The second-order valence-corrected chi connectivity index (χ2v) is 7.31. The summed E-state index contributed by atoms with van der Waals surface area (Å²) in [5.74, 6) is -0.344. The van der Waals surface area contributed by atoms with Gasteiger partial charge in [-0.15, -0.1) is 0 Å². The number of carbonyl (C=O) groups is 1. The SMILES string of the molecule is COC(=O)/C=C/c1ccc(CNCCCn2c3ccccc3c3ccccc32)cc1. The zero-order valence-corrected chi connectivity index (χ0v) is 17.2. The van der Waals surface area contributed by atoms with Gasteiger partial charge in [-0.3, -0.25) is 0 Å². The zero-order chi connectivity index (χ0) is 20.8. The van der Waals surface area contributed by atoms with Crippen LogP contribution in [0.4, 0.5) is 0 Å². The second-order valence-electron chi connectivity index (χ2n) is 7.31. The predicted molar refractivity (Wildman–Crippen MR) is 123 cm³/mol. The van der Waals surface area contributed by atoms with Gasteiger partial charge in [0.2, 0.25) is 0 Å². The number of aromatic nitrogens is 1. The molecule has 4 aromatic rings. The van der Waals surface area contributed by atoms with E-state index in [-0.39, 0.29) is 5.97 Å². The number of nitrogens with one attached hydrogen (secondary N) is 1. The fraction of sp³-hybridized carbons (Fsp3) is 0.192. The molecule has 0 aliphatic heterocycles. The van der Waals surface area contributed by atoms with Crippen molar-refractivity contribution in [2.75, 3.05) is 13.7 Å². The Kier molecular flexibility index (Phi) is 6.26. The van der Waals surface area contributed by atoms with Gasteiger partial charge in [-0.1, -0.05) is 60.7 Å². The summed E-state index contributed by atoms with van der Waals surface area (Å²) in [4.78, 5) is 11.2. The summed E-state index contributed by atoms with van der Waals surface area (Å²) in [5, 5.41) is 6.18. The predicted octanol–water partition coefficient (Wildman–Crippen LogP) is 5.16. The molecule has 30 heavy (non-hydrogen) atoms. The van der Waals surface area contributed by atoms with Crippen molar-refractivity contribution in [1.29, 1.82) is 0 Å². The molecule has 3 aromatic carbocycles. The van der Waals surface area contributed by atoms with E-state index in [1.165, 1.54) is 40.6 Å². The Morgan fingerprint density at radius 3 is 2.20 bits per heavy atom. The van der Waals surface area contributed by atoms with Gasteiger partial charge in [0.15, 0.2) is 0 Å². The molecule has 152 valence electrons. The van der Waals surface area contributed by atoms with Crippen LogP contribution in [0.1, 0.15) is 17.5 Å². The normalized spacial score (nSPS) is 11.5. The molecule has 4 heteroatoms. The molecule has 4 nitrogen and oxygen atoms in total.